The Labute approximate surface area is 123 Å². The van der Waals surface area contributed by atoms with Crippen LogP contribution < -0.4 is 4.90 Å². The predicted molar refractivity (Wildman–Crippen MR) is 81.3 cm³/mol. The molecular formula is C16H19N3O2. The number of anilines is 1. The zero-order chi connectivity index (χ0) is 14.8. The molecular weight excluding hydrogens is 266 g/mol. The molecule has 0 spiro atoms. The monoisotopic (exact) mass is 285 g/mol. The highest BCUT2D eigenvalue weighted by Crippen LogP contribution is 2.29. The van der Waals surface area contributed by atoms with Gasteiger partial charge in [0, 0.05) is 29.9 Å². The van der Waals surface area contributed by atoms with Gasteiger partial charge in [-0.2, -0.15) is 0 Å². The van der Waals surface area contributed by atoms with Gasteiger partial charge in [-0.05, 0) is 44.4 Å². The molecule has 1 aromatic heterocycles. The molecule has 3 rings (SSSR count). The summed E-state index contributed by atoms with van der Waals surface area (Å²) in [4.78, 5) is 21.8. The molecule has 2 atom stereocenters. The van der Waals surface area contributed by atoms with E-state index in [1.165, 1.54) is 0 Å². The maximum absolute atomic E-state index is 11.2. The van der Waals surface area contributed by atoms with Gasteiger partial charge in [0.15, 0.2) is 0 Å². The molecule has 2 heterocycles. The number of aliphatic carboxylic acids is 1. The molecule has 1 N–H and O–H groups in total. The van der Waals surface area contributed by atoms with E-state index in [1.807, 2.05) is 12.3 Å². The summed E-state index contributed by atoms with van der Waals surface area (Å²) in [6, 6.07) is 6.37. The van der Waals surface area contributed by atoms with Crippen molar-refractivity contribution in [1.82, 2.24) is 9.97 Å². The van der Waals surface area contributed by atoms with Gasteiger partial charge < -0.3 is 10.0 Å². The molecule has 2 aromatic rings. The molecule has 110 valence electrons. The molecule has 5 heteroatoms. The van der Waals surface area contributed by atoms with Crippen molar-refractivity contribution >= 4 is 22.6 Å². The highest BCUT2D eigenvalue weighted by molar-refractivity contribution is 5.81. The smallest absolute Gasteiger partial charge is 0.306 e. The first kappa shape index (κ1) is 13.8. The minimum atomic E-state index is -0.671. The molecule has 2 unspecified atom stereocenters. The quantitative estimate of drug-likeness (QED) is 0.919. The SMILES string of the molecule is CC1CC(C(=O)O)CCCN1c1ccc2ncncc2c1. The van der Waals surface area contributed by atoms with Crippen molar-refractivity contribution < 1.29 is 9.90 Å². The lowest BCUT2D eigenvalue weighted by Gasteiger charge is -2.30. The Morgan fingerprint density at radius 2 is 2.29 bits per heavy atom. The van der Waals surface area contributed by atoms with E-state index < -0.39 is 5.97 Å². The second-order valence-corrected chi connectivity index (χ2v) is 5.72. The van der Waals surface area contributed by atoms with Gasteiger partial charge >= 0.3 is 5.97 Å². The molecule has 0 radical (unpaired) electrons. The zero-order valence-electron chi connectivity index (χ0n) is 12.1. The molecule has 0 bridgehead atoms. The highest BCUT2D eigenvalue weighted by Gasteiger charge is 2.27. The first-order chi connectivity index (χ1) is 10.1. The molecule has 1 fully saturated rings. The maximum atomic E-state index is 11.2. The van der Waals surface area contributed by atoms with Gasteiger partial charge in [-0.25, -0.2) is 9.97 Å². The summed E-state index contributed by atoms with van der Waals surface area (Å²) >= 11 is 0. The maximum Gasteiger partial charge on any atom is 0.306 e. The average Bonchev–Trinajstić information content (AvgIpc) is 2.68. The normalized spacial score (nSPS) is 23.0. The van der Waals surface area contributed by atoms with Crippen molar-refractivity contribution in [2.45, 2.75) is 32.2 Å². The van der Waals surface area contributed by atoms with Gasteiger partial charge in [0.05, 0.1) is 11.4 Å². The number of nitrogens with zero attached hydrogens (tertiary/aromatic N) is 3. The Morgan fingerprint density at radius 3 is 3.10 bits per heavy atom. The molecule has 21 heavy (non-hydrogen) atoms. The van der Waals surface area contributed by atoms with Gasteiger partial charge in [0.1, 0.15) is 6.33 Å². The fourth-order valence-corrected chi connectivity index (χ4v) is 3.14. The molecule has 0 amide bonds. The molecule has 1 saturated heterocycles. The van der Waals surface area contributed by atoms with Crippen molar-refractivity contribution in [3.05, 3.63) is 30.7 Å². The van der Waals surface area contributed by atoms with Crippen LogP contribution in [0, 0.1) is 5.92 Å². The summed E-state index contributed by atoms with van der Waals surface area (Å²) in [5.74, 6) is -0.899. The van der Waals surface area contributed by atoms with Crippen LogP contribution in [0.5, 0.6) is 0 Å². The lowest BCUT2D eigenvalue weighted by Crippen LogP contribution is -2.33. The number of carboxylic acid groups (broad SMARTS) is 1. The summed E-state index contributed by atoms with van der Waals surface area (Å²) in [7, 11) is 0. The Hall–Kier alpha value is -2.17. The van der Waals surface area contributed by atoms with E-state index in [-0.39, 0.29) is 12.0 Å². The Morgan fingerprint density at radius 1 is 1.43 bits per heavy atom. The summed E-state index contributed by atoms with van der Waals surface area (Å²) in [6.45, 7) is 3.00. The molecule has 1 aliphatic rings. The second kappa shape index (κ2) is 5.68. The van der Waals surface area contributed by atoms with Gasteiger partial charge in [0.25, 0.3) is 0 Å². The number of rotatable bonds is 2. The summed E-state index contributed by atoms with van der Waals surface area (Å²) in [5, 5.41) is 10.3. The van der Waals surface area contributed by atoms with Crippen LogP contribution in [0.25, 0.3) is 10.9 Å². The third-order valence-corrected chi connectivity index (χ3v) is 4.28. The minimum Gasteiger partial charge on any atom is -0.481 e. The number of carboxylic acids is 1. The summed E-state index contributed by atoms with van der Waals surface area (Å²) in [5.41, 5.74) is 2.05. The number of aromatic nitrogens is 2. The van der Waals surface area contributed by atoms with Gasteiger partial charge in [0.2, 0.25) is 0 Å². The molecule has 0 saturated carbocycles. The molecule has 1 aromatic carbocycles. The Bertz CT molecular complexity index is 659. The van der Waals surface area contributed by atoms with Crippen molar-refractivity contribution in [1.29, 1.82) is 0 Å². The Balaban J connectivity index is 1.88. The fraction of sp³-hybridized carbons (Fsp3) is 0.438. The third-order valence-electron chi connectivity index (χ3n) is 4.28. The first-order valence-electron chi connectivity index (χ1n) is 7.34. The van der Waals surface area contributed by atoms with Crippen molar-refractivity contribution in [2.24, 2.45) is 5.92 Å². The number of hydrogen-bond acceptors (Lipinski definition) is 4. The molecule has 5 nitrogen and oxygen atoms in total. The molecule has 0 aliphatic carbocycles. The van der Waals surface area contributed by atoms with Crippen LogP contribution in [0.3, 0.4) is 0 Å². The largest absolute Gasteiger partial charge is 0.481 e. The van der Waals surface area contributed by atoms with E-state index in [0.717, 1.165) is 36.0 Å². The standard InChI is InChI=1S/C16H19N3O2/c1-11-7-12(16(20)21)3-2-6-19(11)14-4-5-15-13(8-14)9-17-10-18-15/h4-5,8-12H,2-3,6-7H2,1H3,(H,20,21). The van der Waals surface area contributed by atoms with E-state index in [1.54, 1.807) is 6.33 Å². The predicted octanol–water partition coefficient (Wildman–Crippen LogP) is 2.71. The van der Waals surface area contributed by atoms with Gasteiger partial charge in [-0.15, -0.1) is 0 Å². The van der Waals surface area contributed by atoms with Crippen molar-refractivity contribution in [3.8, 4) is 0 Å². The van der Waals surface area contributed by atoms with Crippen LogP contribution in [0.1, 0.15) is 26.2 Å². The van der Waals surface area contributed by atoms with Crippen LogP contribution in [-0.2, 0) is 4.79 Å². The van der Waals surface area contributed by atoms with E-state index in [2.05, 4.69) is 33.9 Å². The average molecular weight is 285 g/mol. The lowest BCUT2D eigenvalue weighted by atomic mass is 9.98. The third kappa shape index (κ3) is 2.82. The van der Waals surface area contributed by atoms with Gasteiger partial charge in [-0.3, -0.25) is 4.79 Å². The van der Waals surface area contributed by atoms with Crippen LogP contribution in [0.4, 0.5) is 5.69 Å². The van der Waals surface area contributed by atoms with Crippen LogP contribution in [-0.4, -0.2) is 33.6 Å². The lowest BCUT2D eigenvalue weighted by molar-refractivity contribution is -0.142. The van der Waals surface area contributed by atoms with E-state index in [0.29, 0.717) is 6.42 Å². The van der Waals surface area contributed by atoms with Crippen molar-refractivity contribution in [2.75, 3.05) is 11.4 Å². The number of carbonyl (C=O) groups is 1. The van der Waals surface area contributed by atoms with Crippen LogP contribution in [0.2, 0.25) is 0 Å². The van der Waals surface area contributed by atoms with Crippen LogP contribution >= 0.6 is 0 Å². The van der Waals surface area contributed by atoms with Gasteiger partial charge in [-0.1, -0.05) is 0 Å². The number of hydrogen-bond donors (Lipinski definition) is 1. The summed E-state index contributed by atoms with van der Waals surface area (Å²) < 4.78 is 0. The fourth-order valence-electron chi connectivity index (χ4n) is 3.14. The Kier molecular flexibility index (Phi) is 3.73. The highest BCUT2D eigenvalue weighted by atomic mass is 16.4. The minimum absolute atomic E-state index is 0.218. The van der Waals surface area contributed by atoms with E-state index in [9.17, 15) is 9.90 Å². The number of fused-ring (bicyclic) bond motifs is 1. The molecule has 1 aliphatic heterocycles. The number of benzene rings is 1. The van der Waals surface area contributed by atoms with E-state index in [4.69, 9.17) is 0 Å². The van der Waals surface area contributed by atoms with Crippen molar-refractivity contribution in [3.63, 3.8) is 0 Å². The zero-order valence-corrected chi connectivity index (χ0v) is 12.1. The van der Waals surface area contributed by atoms with Crippen LogP contribution in [0.15, 0.2) is 30.7 Å². The second-order valence-electron chi connectivity index (χ2n) is 5.72. The first-order valence-corrected chi connectivity index (χ1v) is 7.34. The summed E-state index contributed by atoms with van der Waals surface area (Å²) in [6.07, 6.45) is 5.72. The topological polar surface area (TPSA) is 66.3 Å². The van der Waals surface area contributed by atoms with E-state index >= 15 is 0 Å².